The van der Waals surface area contributed by atoms with Gasteiger partial charge in [-0.3, -0.25) is 14.1 Å². The largest absolute Gasteiger partial charge is 0.398 e. The molecule has 1 fully saturated rings. The topological polar surface area (TPSA) is 164 Å². The van der Waals surface area contributed by atoms with Gasteiger partial charge in [0.05, 0.1) is 0 Å². The van der Waals surface area contributed by atoms with Crippen LogP contribution in [0.25, 0.3) is 0 Å². The predicted molar refractivity (Wildman–Crippen MR) is 105 cm³/mol. The first kappa shape index (κ1) is 21.0. The molecule has 0 bridgehead atoms. The van der Waals surface area contributed by atoms with Crippen LogP contribution in [-0.4, -0.2) is 52.9 Å². The number of β-lactam (4-membered cyclic amide) rings is 1. The number of rotatable bonds is 6. The van der Waals surface area contributed by atoms with Crippen molar-refractivity contribution in [3.63, 3.8) is 0 Å². The predicted octanol–water partition coefficient (Wildman–Crippen LogP) is 0.600. The number of carbonyl (C=O) groups is 2. The second-order valence-electron chi connectivity index (χ2n) is 5.75. The number of aromatic nitrogens is 1. The van der Waals surface area contributed by atoms with Gasteiger partial charge in [-0.1, -0.05) is 28.9 Å². The van der Waals surface area contributed by atoms with Gasteiger partial charge in [-0.25, -0.2) is 9.29 Å². The van der Waals surface area contributed by atoms with E-state index in [0.29, 0.717) is 10.6 Å². The fraction of sp³-hybridized carbons (Fsp3) is 0.200. The van der Waals surface area contributed by atoms with Gasteiger partial charge in [0.15, 0.2) is 10.8 Å². The van der Waals surface area contributed by atoms with Gasteiger partial charge in [-0.2, -0.15) is 8.42 Å². The molecule has 3 rings (SSSR count). The lowest BCUT2D eigenvalue weighted by Crippen LogP contribution is -2.67. The molecular formula is C15H14ClN5O6S2. The standard InChI is InChI=1S/C15H14ClN5O6S2/c1-27-20-10(9-6-28-15(17)18-9)13(22)19-11-12(7-2-4-8(16)5-3-7)21(14(11)23)29(24,25)26/h2-6,11-12H,1H3,(H2,17,18)(H,19,22)(H,24,25,26)/t11-,12+/m1/s1. The summed E-state index contributed by atoms with van der Waals surface area (Å²) in [6.45, 7) is 0. The van der Waals surface area contributed by atoms with Crippen molar-refractivity contribution in [3.8, 4) is 0 Å². The molecule has 4 N–H and O–H groups in total. The Morgan fingerprint density at radius 2 is 2.07 bits per heavy atom. The van der Waals surface area contributed by atoms with Crippen LogP contribution in [0.2, 0.25) is 5.02 Å². The van der Waals surface area contributed by atoms with Crippen molar-refractivity contribution < 1.29 is 27.4 Å². The first-order chi connectivity index (χ1) is 13.6. The zero-order valence-corrected chi connectivity index (χ0v) is 17.0. The van der Waals surface area contributed by atoms with E-state index in [-0.39, 0.29) is 20.8 Å². The zero-order valence-electron chi connectivity index (χ0n) is 14.6. The summed E-state index contributed by atoms with van der Waals surface area (Å²) in [6, 6.07) is 3.45. The second kappa shape index (κ2) is 7.94. The highest BCUT2D eigenvalue weighted by Crippen LogP contribution is 2.37. The molecule has 2 heterocycles. The van der Waals surface area contributed by atoms with Crippen LogP contribution < -0.4 is 11.1 Å². The molecule has 14 heteroatoms. The van der Waals surface area contributed by atoms with Crippen molar-refractivity contribution >= 4 is 55.9 Å². The van der Waals surface area contributed by atoms with Gasteiger partial charge in [0.25, 0.3) is 11.8 Å². The molecule has 0 spiro atoms. The van der Waals surface area contributed by atoms with E-state index in [1.54, 1.807) is 0 Å². The first-order valence-electron chi connectivity index (χ1n) is 7.83. The highest BCUT2D eigenvalue weighted by atomic mass is 35.5. The number of amides is 2. The summed E-state index contributed by atoms with van der Waals surface area (Å²) in [5, 5.41) is 8.04. The van der Waals surface area contributed by atoms with Crippen LogP contribution in [0.4, 0.5) is 5.13 Å². The third-order valence-corrected chi connectivity index (χ3v) is 5.79. The molecule has 2 amide bonds. The van der Waals surface area contributed by atoms with Crippen LogP contribution in [0.3, 0.4) is 0 Å². The van der Waals surface area contributed by atoms with E-state index < -0.39 is 34.2 Å². The van der Waals surface area contributed by atoms with Gasteiger partial charge in [-0.05, 0) is 17.7 Å². The monoisotopic (exact) mass is 459 g/mol. The summed E-state index contributed by atoms with van der Waals surface area (Å²) in [7, 11) is -3.64. The number of nitrogens with two attached hydrogens (primary N) is 1. The van der Waals surface area contributed by atoms with Crippen LogP contribution in [0, 0.1) is 0 Å². The van der Waals surface area contributed by atoms with E-state index in [2.05, 4.69) is 20.3 Å². The number of benzene rings is 1. The summed E-state index contributed by atoms with van der Waals surface area (Å²) in [5.74, 6) is -1.86. The number of anilines is 1. The quantitative estimate of drug-likeness (QED) is 0.244. The van der Waals surface area contributed by atoms with Crippen LogP contribution in [0.15, 0.2) is 34.8 Å². The SMILES string of the molecule is CON=C(C(=O)N[C@H]1C(=O)N(S(=O)(=O)O)[C@H]1c1ccc(Cl)cc1)c1csc(N)n1. The summed E-state index contributed by atoms with van der Waals surface area (Å²) in [6.07, 6.45) is 0. The summed E-state index contributed by atoms with van der Waals surface area (Å²) in [4.78, 5) is 33.6. The van der Waals surface area contributed by atoms with E-state index in [1.807, 2.05) is 0 Å². The average molecular weight is 460 g/mol. The number of oxime groups is 1. The molecule has 0 aliphatic carbocycles. The van der Waals surface area contributed by atoms with Crippen molar-refractivity contribution in [1.82, 2.24) is 14.6 Å². The highest BCUT2D eigenvalue weighted by molar-refractivity contribution is 7.84. The Morgan fingerprint density at radius 3 is 2.59 bits per heavy atom. The molecule has 1 aliphatic rings. The summed E-state index contributed by atoms with van der Waals surface area (Å²) in [5.41, 5.74) is 5.76. The van der Waals surface area contributed by atoms with Crippen molar-refractivity contribution in [1.29, 1.82) is 0 Å². The fourth-order valence-electron chi connectivity index (χ4n) is 2.75. The van der Waals surface area contributed by atoms with E-state index in [4.69, 9.17) is 17.3 Å². The Morgan fingerprint density at radius 1 is 1.41 bits per heavy atom. The Balaban J connectivity index is 1.91. The van der Waals surface area contributed by atoms with E-state index in [9.17, 15) is 22.6 Å². The minimum atomic E-state index is -4.85. The molecule has 1 aromatic heterocycles. The molecule has 1 aromatic carbocycles. The first-order valence-corrected chi connectivity index (χ1v) is 10.5. The molecule has 154 valence electrons. The summed E-state index contributed by atoms with van der Waals surface area (Å²) < 4.78 is 32.9. The van der Waals surface area contributed by atoms with E-state index in [0.717, 1.165) is 11.3 Å². The molecule has 29 heavy (non-hydrogen) atoms. The number of nitrogen functional groups attached to an aromatic ring is 1. The lowest BCUT2D eigenvalue weighted by Gasteiger charge is -2.44. The van der Waals surface area contributed by atoms with E-state index >= 15 is 0 Å². The summed E-state index contributed by atoms with van der Waals surface area (Å²) >= 11 is 6.90. The number of hydrogen-bond acceptors (Lipinski definition) is 9. The van der Waals surface area contributed by atoms with Gasteiger partial charge < -0.3 is 15.9 Å². The molecule has 1 aliphatic heterocycles. The molecular weight excluding hydrogens is 446 g/mol. The molecule has 0 saturated carbocycles. The van der Waals surface area contributed by atoms with Crippen LogP contribution in [-0.2, 0) is 24.7 Å². The van der Waals surface area contributed by atoms with Crippen molar-refractivity contribution in [3.05, 3.63) is 45.9 Å². The minimum absolute atomic E-state index is 0.119. The lowest BCUT2D eigenvalue weighted by atomic mass is 9.91. The Kier molecular flexibility index (Phi) is 5.75. The second-order valence-corrected chi connectivity index (χ2v) is 8.37. The van der Waals surface area contributed by atoms with Crippen molar-refractivity contribution in [2.24, 2.45) is 5.16 Å². The molecule has 1 saturated heterocycles. The minimum Gasteiger partial charge on any atom is -0.398 e. The zero-order chi connectivity index (χ0) is 21.3. The van der Waals surface area contributed by atoms with Gasteiger partial charge in [0, 0.05) is 10.4 Å². The Labute approximate surface area is 174 Å². The molecule has 2 atom stereocenters. The smallest absolute Gasteiger partial charge is 0.362 e. The van der Waals surface area contributed by atoms with Crippen LogP contribution in [0.1, 0.15) is 17.3 Å². The number of halogens is 1. The van der Waals surface area contributed by atoms with Crippen LogP contribution in [0.5, 0.6) is 0 Å². The number of nitrogens with one attached hydrogen (secondary N) is 1. The molecule has 0 radical (unpaired) electrons. The third-order valence-electron chi connectivity index (χ3n) is 3.96. The number of nitrogens with zero attached hydrogens (tertiary/aromatic N) is 3. The van der Waals surface area contributed by atoms with Crippen molar-refractivity contribution in [2.75, 3.05) is 12.8 Å². The van der Waals surface area contributed by atoms with E-state index in [1.165, 1.54) is 36.8 Å². The Bertz CT molecular complexity index is 1080. The van der Waals surface area contributed by atoms with Crippen LogP contribution >= 0.6 is 22.9 Å². The number of thiazole rings is 1. The number of carbonyl (C=O) groups excluding carboxylic acids is 2. The molecule has 11 nitrogen and oxygen atoms in total. The van der Waals surface area contributed by atoms with Gasteiger partial charge in [-0.15, -0.1) is 11.3 Å². The molecule has 2 aromatic rings. The maximum absolute atomic E-state index is 12.7. The fourth-order valence-corrected chi connectivity index (χ4v) is 4.30. The van der Waals surface area contributed by atoms with Gasteiger partial charge >= 0.3 is 10.3 Å². The molecule has 0 unspecified atom stereocenters. The maximum Gasteiger partial charge on any atom is 0.362 e. The van der Waals surface area contributed by atoms with Gasteiger partial charge in [0.1, 0.15) is 24.9 Å². The third kappa shape index (κ3) is 4.17. The Hall–Kier alpha value is -2.74. The highest BCUT2D eigenvalue weighted by Gasteiger charge is 2.55. The van der Waals surface area contributed by atoms with Gasteiger partial charge in [0.2, 0.25) is 0 Å². The van der Waals surface area contributed by atoms with Crippen molar-refractivity contribution in [2.45, 2.75) is 12.1 Å². The average Bonchev–Trinajstić information content (AvgIpc) is 3.07. The normalized spacial score (nSPS) is 19.6. The lowest BCUT2D eigenvalue weighted by molar-refractivity contribution is -0.145. The maximum atomic E-state index is 12.7. The number of hydrogen-bond donors (Lipinski definition) is 3.